The number of aliphatic hydroxyl groups excluding tert-OH is 1. The summed E-state index contributed by atoms with van der Waals surface area (Å²) in [4.78, 5) is 4.52. The van der Waals surface area contributed by atoms with E-state index >= 15 is 0 Å². The van der Waals surface area contributed by atoms with Crippen molar-refractivity contribution >= 4 is 0 Å². The van der Waals surface area contributed by atoms with E-state index in [4.69, 9.17) is 0 Å². The van der Waals surface area contributed by atoms with Gasteiger partial charge in [0.2, 0.25) is 0 Å². The highest BCUT2D eigenvalue weighted by Crippen LogP contribution is 2.15. The molecule has 2 heterocycles. The molecule has 0 radical (unpaired) electrons. The summed E-state index contributed by atoms with van der Waals surface area (Å²) in [6.07, 6.45) is 2.41. The molecule has 0 bridgehead atoms. The lowest BCUT2D eigenvalue weighted by molar-refractivity contribution is 0.165. The van der Waals surface area contributed by atoms with Crippen LogP contribution in [0.25, 0.3) is 0 Å². The Bertz CT molecular complexity index is 581. The average molecular weight is 286 g/mol. The van der Waals surface area contributed by atoms with Crippen LogP contribution >= 0.6 is 0 Å². The number of hydrogen-bond acceptors (Lipinski definition) is 4. The van der Waals surface area contributed by atoms with E-state index in [1.54, 1.807) is 0 Å². The van der Waals surface area contributed by atoms with Gasteiger partial charge in [0.25, 0.3) is 0 Å². The molecule has 5 nitrogen and oxygen atoms in total. The third-order valence-electron chi connectivity index (χ3n) is 4.00. The number of aryl methyl sites for hydroxylation is 2. The fourth-order valence-corrected chi connectivity index (χ4v) is 2.75. The van der Waals surface area contributed by atoms with Gasteiger partial charge in [-0.1, -0.05) is 37.3 Å². The second-order valence-corrected chi connectivity index (χ2v) is 5.55. The molecule has 0 amide bonds. The molecule has 1 aliphatic rings. The van der Waals surface area contributed by atoms with E-state index in [0.29, 0.717) is 12.6 Å². The molecular formula is C16H22N4O. The highest BCUT2D eigenvalue weighted by Gasteiger charge is 2.21. The Labute approximate surface area is 125 Å². The largest absolute Gasteiger partial charge is 0.387 e. The van der Waals surface area contributed by atoms with Crippen molar-refractivity contribution in [2.75, 3.05) is 6.54 Å². The second-order valence-electron chi connectivity index (χ2n) is 5.55. The maximum absolute atomic E-state index is 10.2. The van der Waals surface area contributed by atoms with E-state index < -0.39 is 6.10 Å². The first kappa shape index (κ1) is 14.2. The van der Waals surface area contributed by atoms with E-state index in [1.165, 1.54) is 0 Å². The van der Waals surface area contributed by atoms with Crippen LogP contribution in [0.5, 0.6) is 0 Å². The van der Waals surface area contributed by atoms with Crippen molar-refractivity contribution in [2.24, 2.45) is 0 Å². The molecule has 1 aromatic heterocycles. The Kier molecular flexibility index (Phi) is 4.31. The summed E-state index contributed by atoms with van der Waals surface area (Å²) in [5.41, 5.74) is 0.954. The average Bonchev–Trinajstić information content (AvgIpc) is 2.95. The minimum absolute atomic E-state index is 0.349. The molecule has 0 aliphatic carbocycles. The Balaban J connectivity index is 1.55. The molecule has 21 heavy (non-hydrogen) atoms. The number of benzene rings is 1. The lowest BCUT2D eigenvalue weighted by atomic mass is 10.1. The summed E-state index contributed by atoms with van der Waals surface area (Å²) in [6.45, 7) is 3.48. The first-order valence-corrected chi connectivity index (χ1v) is 7.65. The number of fused-ring (bicyclic) bond motifs is 1. The molecule has 0 saturated carbocycles. The first-order valence-electron chi connectivity index (χ1n) is 7.65. The molecular weight excluding hydrogens is 264 g/mol. The number of nitrogens with one attached hydrogen (secondary N) is 1. The second kappa shape index (κ2) is 6.37. The third-order valence-corrected chi connectivity index (χ3v) is 4.00. The SMILES string of the molecule is CCc1nc2n(n1)C[C@@H](NC[C@H](O)c1ccccc1)CC2. The summed E-state index contributed by atoms with van der Waals surface area (Å²) in [7, 11) is 0. The molecule has 0 fully saturated rings. The van der Waals surface area contributed by atoms with Crippen LogP contribution in [0.2, 0.25) is 0 Å². The van der Waals surface area contributed by atoms with Crippen molar-refractivity contribution in [1.82, 2.24) is 20.1 Å². The van der Waals surface area contributed by atoms with E-state index in [0.717, 1.165) is 43.0 Å². The highest BCUT2D eigenvalue weighted by atomic mass is 16.3. The molecule has 0 unspecified atom stereocenters. The lowest BCUT2D eigenvalue weighted by Crippen LogP contribution is -2.39. The predicted octanol–water partition coefficient (Wildman–Crippen LogP) is 1.48. The fraction of sp³-hybridized carbons (Fsp3) is 0.500. The zero-order chi connectivity index (χ0) is 14.7. The van der Waals surface area contributed by atoms with Gasteiger partial charge in [-0.15, -0.1) is 0 Å². The molecule has 2 N–H and O–H groups in total. The van der Waals surface area contributed by atoms with Crippen molar-refractivity contribution in [3.05, 3.63) is 47.5 Å². The van der Waals surface area contributed by atoms with Gasteiger partial charge in [0, 0.05) is 25.4 Å². The molecule has 1 aromatic carbocycles. The van der Waals surface area contributed by atoms with E-state index in [2.05, 4.69) is 22.3 Å². The van der Waals surface area contributed by atoms with Crippen LogP contribution in [0.1, 0.15) is 36.7 Å². The molecule has 3 rings (SSSR count). The highest BCUT2D eigenvalue weighted by molar-refractivity contribution is 5.17. The molecule has 5 heteroatoms. The van der Waals surface area contributed by atoms with Crippen molar-refractivity contribution in [3.8, 4) is 0 Å². The van der Waals surface area contributed by atoms with Gasteiger partial charge >= 0.3 is 0 Å². The van der Waals surface area contributed by atoms with E-state index in [9.17, 15) is 5.11 Å². The minimum Gasteiger partial charge on any atom is -0.387 e. The van der Waals surface area contributed by atoms with Crippen molar-refractivity contribution in [3.63, 3.8) is 0 Å². The van der Waals surface area contributed by atoms with Gasteiger partial charge in [0.1, 0.15) is 5.82 Å². The number of aromatic nitrogens is 3. The number of aliphatic hydroxyl groups is 1. The van der Waals surface area contributed by atoms with Gasteiger partial charge < -0.3 is 10.4 Å². The Hall–Kier alpha value is -1.72. The standard InChI is InChI=1S/C16H22N4O/c1-2-15-18-16-9-8-13(11-20(16)19-15)17-10-14(21)12-6-4-3-5-7-12/h3-7,13-14,17,21H,2,8-11H2,1H3/t13-,14-/m0/s1. The number of nitrogens with zero attached hydrogens (tertiary/aromatic N) is 3. The predicted molar refractivity (Wildman–Crippen MR) is 80.9 cm³/mol. The number of hydrogen-bond donors (Lipinski definition) is 2. The molecule has 0 saturated heterocycles. The number of rotatable bonds is 5. The zero-order valence-electron chi connectivity index (χ0n) is 12.4. The van der Waals surface area contributed by atoms with Gasteiger partial charge in [0.15, 0.2) is 5.82 Å². The van der Waals surface area contributed by atoms with Crippen LogP contribution in [0, 0.1) is 0 Å². The van der Waals surface area contributed by atoms with Crippen LogP contribution in [0.4, 0.5) is 0 Å². The molecule has 0 spiro atoms. The first-order chi connectivity index (χ1) is 10.3. The van der Waals surface area contributed by atoms with Gasteiger partial charge in [-0.2, -0.15) is 5.10 Å². The van der Waals surface area contributed by atoms with Gasteiger partial charge in [-0.05, 0) is 12.0 Å². The topological polar surface area (TPSA) is 63.0 Å². The van der Waals surface area contributed by atoms with Crippen LogP contribution < -0.4 is 5.32 Å². The summed E-state index contributed by atoms with van der Waals surface area (Å²) in [5.74, 6) is 2.02. The molecule has 2 aromatic rings. The summed E-state index contributed by atoms with van der Waals surface area (Å²) in [5, 5.41) is 18.1. The maximum atomic E-state index is 10.2. The van der Waals surface area contributed by atoms with Crippen molar-refractivity contribution < 1.29 is 5.11 Å². The van der Waals surface area contributed by atoms with E-state index in [1.807, 2.05) is 35.0 Å². The zero-order valence-corrected chi connectivity index (χ0v) is 12.4. The minimum atomic E-state index is -0.463. The third kappa shape index (κ3) is 3.31. The van der Waals surface area contributed by atoms with E-state index in [-0.39, 0.29) is 0 Å². The Morgan fingerprint density at radius 2 is 2.19 bits per heavy atom. The summed E-state index contributed by atoms with van der Waals surface area (Å²) >= 11 is 0. The van der Waals surface area contributed by atoms with Crippen molar-refractivity contribution in [2.45, 2.75) is 44.9 Å². The summed E-state index contributed by atoms with van der Waals surface area (Å²) in [6, 6.07) is 10.1. The Morgan fingerprint density at radius 3 is 2.95 bits per heavy atom. The van der Waals surface area contributed by atoms with Crippen LogP contribution in [-0.2, 0) is 19.4 Å². The molecule has 112 valence electrons. The summed E-state index contributed by atoms with van der Waals surface area (Å²) < 4.78 is 2.01. The molecule has 1 aliphatic heterocycles. The fourth-order valence-electron chi connectivity index (χ4n) is 2.75. The maximum Gasteiger partial charge on any atom is 0.150 e. The van der Waals surface area contributed by atoms with Gasteiger partial charge in [-0.25, -0.2) is 9.67 Å². The van der Waals surface area contributed by atoms with Crippen LogP contribution in [-0.4, -0.2) is 32.5 Å². The normalized spacial score (nSPS) is 19.2. The van der Waals surface area contributed by atoms with Gasteiger partial charge in [0.05, 0.1) is 12.6 Å². The monoisotopic (exact) mass is 286 g/mol. The van der Waals surface area contributed by atoms with Crippen molar-refractivity contribution in [1.29, 1.82) is 0 Å². The Morgan fingerprint density at radius 1 is 1.38 bits per heavy atom. The quantitative estimate of drug-likeness (QED) is 0.874. The van der Waals surface area contributed by atoms with Crippen LogP contribution in [0.3, 0.4) is 0 Å². The lowest BCUT2D eigenvalue weighted by Gasteiger charge is -2.25. The van der Waals surface area contributed by atoms with Crippen LogP contribution in [0.15, 0.2) is 30.3 Å². The smallest absolute Gasteiger partial charge is 0.150 e. The van der Waals surface area contributed by atoms with Gasteiger partial charge in [-0.3, -0.25) is 0 Å². The molecule has 2 atom stereocenters.